The predicted octanol–water partition coefficient (Wildman–Crippen LogP) is 4.01. The summed E-state index contributed by atoms with van der Waals surface area (Å²) in [5, 5.41) is 2.96. The number of carbonyl (C=O) groups excluding carboxylic acids is 2. The highest BCUT2D eigenvalue weighted by molar-refractivity contribution is 5.95. The van der Waals surface area contributed by atoms with Crippen molar-refractivity contribution in [2.24, 2.45) is 5.92 Å². The van der Waals surface area contributed by atoms with Crippen LogP contribution in [0.15, 0.2) is 78.9 Å². The zero-order chi connectivity index (χ0) is 22.5. The van der Waals surface area contributed by atoms with Crippen molar-refractivity contribution in [2.75, 3.05) is 20.2 Å². The summed E-state index contributed by atoms with van der Waals surface area (Å²) < 4.78 is 18.7. The minimum absolute atomic E-state index is 0.0978. The van der Waals surface area contributed by atoms with E-state index in [0.717, 1.165) is 11.1 Å². The van der Waals surface area contributed by atoms with Crippen LogP contribution in [-0.4, -0.2) is 36.9 Å². The largest absolute Gasteiger partial charge is 0.496 e. The number of amides is 2. The van der Waals surface area contributed by atoms with Gasteiger partial charge in [0.15, 0.2) is 0 Å². The summed E-state index contributed by atoms with van der Waals surface area (Å²) in [6, 6.07) is 22.7. The molecule has 0 spiro atoms. The number of halogens is 1. The Bertz CT molecular complexity index is 1090. The number of likely N-dealkylation sites (tertiary alicyclic amines) is 1. The molecule has 0 aromatic heterocycles. The van der Waals surface area contributed by atoms with Crippen molar-refractivity contribution in [3.05, 3.63) is 101 Å². The topological polar surface area (TPSA) is 58.6 Å². The van der Waals surface area contributed by atoms with Gasteiger partial charge in [0.1, 0.15) is 11.6 Å². The molecule has 1 saturated heterocycles. The van der Waals surface area contributed by atoms with Crippen molar-refractivity contribution in [3.63, 3.8) is 0 Å². The smallest absolute Gasteiger partial charge is 0.253 e. The molecule has 5 nitrogen and oxygen atoms in total. The van der Waals surface area contributed by atoms with Gasteiger partial charge in [0.05, 0.1) is 13.0 Å². The van der Waals surface area contributed by atoms with Gasteiger partial charge in [0, 0.05) is 31.1 Å². The quantitative estimate of drug-likeness (QED) is 0.640. The summed E-state index contributed by atoms with van der Waals surface area (Å²) in [4.78, 5) is 28.0. The number of nitrogens with zero attached hydrogens (tertiary/aromatic N) is 1. The molecule has 1 N–H and O–H groups in total. The van der Waals surface area contributed by atoms with E-state index in [1.54, 1.807) is 36.3 Å². The van der Waals surface area contributed by atoms with Gasteiger partial charge in [-0.15, -0.1) is 0 Å². The van der Waals surface area contributed by atoms with Gasteiger partial charge in [-0.3, -0.25) is 9.59 Å². The highest BCUT2D eigenvalue weighted by atomic mass is 19.1. The third-order valence-corrected chi connectivity index (χ3v) is 5.88. The predicted molar refractivity (Wildman–Crippen MR) is 120 cm³/mol. The van der Waals surface area contributed by atoms with E-state index in [0.29, 0.717) is 30.9 Å². The molecule has 3 aromatic rings. The number of benzene rings is 3. The van der Waals surface area contributed by atoms with E-state index in [2.05, 4.69) is 5.32 Å². The lowest BCUT2D eigenvalue weighted by atomic mass is 9.87. The normalized spacial score (nSPS) is 17.8. The SMILES string of the molecule is COc1ccccc1[C@H]1CN(C(=O)c2ccccc2)C[C@H]1C(=O)NCc1ccc(F)cc1. The second-order valence-corrected chi connectivity index (χ2v) is 7.88. The van der Waals surface area contributed by atoms with Crippen molar-refractivity contribution in [1.29, 1.82) is 0 Å². The summed E-state index contributed by atoms with van der Waals surface area (Å²) >= 11 is 0. The van der Waals surface area contributed by atoms with Crippen LogP contribution in [0.5, 0.6) is 5.75 Å². The maximum absolute atomic E-state index is 13.2. The highest BCUT2D eigenvalue weighted by Crippen LogP contribution is 2.38. The van der Waals surface area contributed by atoms with Crippen molar-refractivity contribution in [1.82, 2.24) is 10.2 Å². The molecule has 6 heteroatoms. The molecule has 32 heavy (non-hydrogen) atoms. The first-order valence-electron chi connectivity index (χ1n) is 10.6. The number of methoxy groups -OCH3 is 1. The first kappa shape index (κ1) is 21.6. The average Bonchev–Trinajstić information content (AvgIpc) is 3.29. The van der Waals surface area contributed by atoms with E-state index in [9.17, 15) is 14.0 Å². The van der Waals surface area contributed by atoms with E-state index in [1.165, 1.54) is 12.1 Å². The lowest BCUT2D eigenvalue weighted by Crippen LogP contribution is -2.35. The number of nitrogens with one attached hydrogen (secondary N) is 1. The zero-order valence-electron chi connectivity index (χ0n) is 17.8. The van der Waals surface area contributed by atoms with Crippen LogP contribution in [0.2, 0.25) is 0 Å². The number of hydrogen-bond acceptors (Lipinski definition) is 3. The van der Waals surface area contributed by atoms with Crippen molar-refractivity contribution in [2.45, 2.75) is 12.5 Å². The monoisotopic (exact) mass is 432 g/mol. The third-order valence-electron chi connectivity index (χ3n) is 5.88. The fraction of sp³-hybridized carbons (Fsp3) is 0.231. The number of carbonyl (C=O) groups is 2. The van der Waals surface area contributed by atoms with Gasteiger partial charge in [-0.1, -0.05) is 48.5 Å². The van der Waals surface area contributed by atoms with Gasteiger partial charge in [-0.2, -0.15) is 0 Å². The molecule has 0 unspecified atom stereocenters. The molecule has 1 fully saturated rings. The molecule has 3 aromatic carbocycles. The third kappa shape index (κ3) is 4.64. The summed E-state index contributed by atoms with van der Waals surface area (Å²) in [5.74, 6) is -0.496. The number of para-hydroxylation sites is 1. The summed E-state index contributed by atoms with van der Waals surface area (Å²) in [6.45, 7) is 1.02. The van der Waals surface area contributed by atoms with Crippen LogP contribution in [0.4, 0.5) is 4.39 Å². The lowest BCUT2D eigenvalue weighted by Gasteiger charge is -2.20. The Balaban J connectivity index is 1.57. The Labute approximate surface area is 186 Å². The molecular formula is C26H25FN2O3. The second-order valence-electron chi connectivity index (χ2n) is 7.88. The molecule has 164 valence electrons. The zero-order valence-corrected chi connectivity index (χ0v) is 17.8. The maximum atomic E-state index is 13.2. The Kier molecular flexibility index (Phi) is 6.50. The van der Waals surface area contributed by atoms with Crippen molar-refractivity contribution < 1.29 is 18.7 Å². The second kappa shape index (κ2) is 9.64. The first-order chi connectivity index (χ1) is 15.6. The molecule has 2 amide bonds. The Hall–Kier alpha value is -3.67. The molecule has 2 atom stereocenters. The number of rotatable bonds is 6. The highest BCUT2D eigenvalue weighted by Gasteiger charge is 2.41. The van der Waals surface area contributed by atoms with Gasteiger partial charge in [-0.25, -0.2) is 4.39 Å². The molecule has 1 aliphatic heterocycles. The summed E-state index contributed by atoms with van der Waals surface area (Å²) in [6.07, 6.45) is 0. The van der Waals surface area contributed by atoms with Crippen molar-refractivity contribution in [3.8, 4) is 5.75 Å². The maximum Gasteiger partial charge on any atom is 0.253 e. The fourth-order valence-electron chi connectivity index (χ4n) is 4.21. The minimum atomic E-state index is -0.431. The lowest BCUT2D eigenvalue weighted by molar-refractivity contribution is -0.125. The van der Waals surface area contributed by atoms with E-state index < -0.39 is 5.92 Å². The van der Waals surface area contributed by atoms with Gasteiger partial charge in [0.2, 0.25) is 5.91 Å². The number of ether oxygens (including phenoxy) is 1. The summed E-state index contributed by atoms with van der Waals surface area (Å²) in [7, 11) is 1.60. The molecular weight excluding hydrogens is 407 g/mol. The van der Waals surface area contributed by atoms with Crippen LogP contribution >= 0.6 is 0 Å². The van der Waals surface area contributed by atoms with E-state index in [4.69, 9.17) is 4.74 Å². The summed E-state index contributed by atoms with van der Waals surface area (Å²) in [5.41, 5.74) is 2.31. The number of hydrogen-bond donors (Lipinski definition) is 1. The Morgan fingerprint density at radius 3 is 2.38 bits per heavy atom. The van der Waals surface area contributed by atoms with E-state index in [1.807, 2.05) is 42.5 Å². The Morgan fingerprint density at radius 1 is 0.969 bits per heavy atom. The molecule has 0 aliphatic carbocycles. The van der Waals surface area contributed by atoms with Crippen LogP contribution in [0.25, 0.3) is 0 Å². The van der Waals surface area contributed by atoms with Crippen molar-refractivity contribution >= 4 is 11.8 Å². The molecule has 1 heterocycles. The standard InChI is InChI=1S/C26H25FN2O3/c1-32-24-10-6-5-9-21(24)22-16-29(26(31)19-7-3-2-4-8-19)17-23(22)25(30)28-15-18-11-13-20(27)14-12-18/h2-14,22-23H,15-17H2,1H3,(H,28,30)/t22-,23-/m1/s1. The van der Waals surface area contributed by atoms with Crippen LogP contribution in [0.3, 0.4) is 0 Å². The average molecular weight is 432 g/mol. The van der Waals surface area contributed by atoms with Crippen LogP contribution < -0.4 is 10.1 Å². The van der Waals surface area contributed by atoms with Gasteiger partial charge >= 0.3 is 0 Å². The van der Waals surface area contributed by atoms with Crippen LogP contribution in [-0.2, 0) is 11.3 Å². The molecule has 0 bridgehead atoms. The fourth-order valence-corrected chi connectivity index (χ4v) is 4.21. The molecule has 0 saturated carbocycles. The Morgan fingerprint density at radius 2 is 1.66 bits per heavy atom. The van der Waals surface area contributed by atoms with Gasteiger partial charge < -0.3 is 15.0 Å². The van der Waals surface area contributed by atoms with E-state index >= 15 is 0 Å². The first-order valence-corrected chi connectivity index (χ1v) is 10.6. The van der Waals surface area contributed by atoms with Gasteiger partial charge in [0.25, 0.3) is 5.91 Å². The molecule has 4 rings (SSSR count). The minimum Gasteiger partial charge on any atom is -0.496 e. The van der Waals surface area contributed by atoms with Crippen LogP contribution in [0.1, 0.15) is 27.4 Å². The molecule has 1 aliphatic rings. The van der Waals surface area contributed by atoms with Crippen LogP contribution in [0, 0.1) is 11.7 Å². The van der Waals surface area contributed by atoms with E-state index in [-0.39, 0.29) is 23.5 Å². The van der Waals surface area contributed by atoms with Gasteiger partial charge in [-0.05, 0) is 41.5 Å². The molecule has 0 radical (unpaired) electrons.